The van der Waals surface area contributed by atoms with Crippen molar-refractivity contribution in [2.24, 2.45) is 0 Å². The number of aromatic nitrogens is 1. The first kappa shape index (κ1) is 22.1. The fourth-order valence-corrected chi connectivity index (χ4v) is 5.05. The fraction of sp³-hybridized carbons (Fsp3) is 0.308. The monoisotopic (exact) mass is 448 g/mol. The summed E-state index contributed by atoms with van der Waals surface area (Å²) < 4.78 is 0. The lowest BCUT2D eigenvalue weighted by atomic mass is 9.58. The Labute approximate surface area is 192 Å². The molecule has 0 bridgehead atoms. The Hall–Kier alpha value is -3.07. The van der Waals surface area contributed by atoms with Gasteiger partial charge in [-0.3, -0.25) is 4.79 Å². The molecule has 0 spiro atoms. The van der Waals surface area contributed by atoms with Crippen molar-refractivity contribution in [2.45, 2.75) is 50.0 Å². The number of aryl methyl sites for hydroxylation is 1. The van der Waals surface area contributed by atoms with Crippen LogP contribution in [0.15, 0.2) is 54.3 Å². The van der Waals surface area contributed by atoms with E-state index in [-0.39, 0.29) is 17.1 Å². The third-order valence-electron chi connectivity index (χ3n) is 6.36. The normalized spacial score (nSPS) is 24.0. The molecular weight excluding hydrogens is 424 g/mol. The number of phenolic OH excluding ortho intramolecular Hbond substituents is 1. The number of aliphatic hydroxyl groups is 1. The lowest BCUT2D eigenvalue weighted by Gasteiger charge is -2.46. The second kappa shape index (κ2) is 8.82. The van der Waals surface area contributed by atoms with Gasteiger partial charge in [0.15, 0.2) is 0 Å². The highest BCUT2D eigenvalue weighted by molar-refractivity contribution is 6.30. The Kier molecular flexibility index (Phi) is 6.10. The lowest BCUT2D eigenvalue weighted by Crippen LogP contribution is -2.42. The third kappa shape index (κ3) is 4.43. The molecule has 5 nitrogen and oxygen atoms in total. The molecule has 1 aromatic heterocycles. The Morgan fingerprint density at radius 3 is 2.84 bits per heavy atom. The maximum Gasteiger partial charge on any atom is 0.222 e. The van der Waals surface area contributed by atoms with Gasteiger partial charge < -0.3 is 15.5 Å². The van der Waals surface area contributed by atoms with E-state index in [1.54, 1.807) is 18.3 Å². The van der Waals surface area contributed by atoms with Gasteiger partial charge in [-0.15, -0.1) is 0 Å². The second-order valence-electron chi connectivity index (χ2n) is 8.50. The number of fused-ring (bicyclic) bond motifs is 3. The van der Waals surface area contributed by atoms with Crippen LogP contribution in [0.25, 0.3) is 6.08 Å². The summed E-state index contributed by atoms with van der Waals surface area (Å²) in [7, 11) is 0. The summed E-state index contributed by atoms with van der Waals surface area (Å²) in [4.78, 5) is 15.4. The molecule has 6 heteroatoms. The van der Waals surface area contributed by atoms with E-state index in [0.29, 0.717) is 12.2 Å². The SMILES string of the molecule is CC(=O)Nc1ccc(C=CCC23CCC(O)(C#CCl)C=C2CCc2cc(O)ccc23)cn1. The summed E-state index contributed by atoms with van der Waals surface area (Å²) in [6.07, 6.45) is 11.3. The van der Waals surface area contributed by atoms with Crippen LogP contribution in [0.3, 0.4) is 0 Å². The van der Waals surface area contributed by atoms with E-state index in [9.17, 15) is 15.0 Å². The predicted molar refractivity (Wildman–Crippen MR) is 126 cm³/mol. The molecule has 0 aliphatic heterocycles. The molecule has 2 aliphatic carbocycles. The van der Waals surface area contributed by atoms with Crippen LogP contribution in [0.4, 0.5) is 5.82 Å². The lowest BCUT2D eigenvalue weighted by molar-refractivity contribution is -0.114. The molecular formula is C26H25ClN2O3. The highest BCUT2D eigenvalue weighted by atomic mass is 35.5. The van der Waals surface area contributed by atoms with Crippen LogP contribution in [0.1, 0.15) is 49.3 Å². The average Bonchev–Trinajstić information content (AvgIpc) is 2.75. The molecule has 2 aromatic rings. The molecule has 0 radical (unpaired) electrons. The van der Waals surface area contributed by atoms with Crippen LogP contribution in [-0.4, -0.2) is 26.7 Å². The van der Waals surface area contributed by atoms with Gasteiger partial charge in [-0.05, 0) is 96.7 Å². The number of anilines is 1. The number of rotatable bonds is 4. The van der Waals surface area contributed by atoms with Crippen LogP contribution >= 0.6 is 11.6 Å². The minimum absolute atomic E-state index is 0.155. The van der Waals surface area contributed by atoms with Crippen molar-refractivity contribution in [1.82, 2.24) is 4.98 Å². The maximum absolute atomic E-state index is 11.2. The Bertz CT molecular complexity index is 1160. The number of nitrogens with zero attached hydrogens (tertiary/aromatic N) is 1. The number of phenols is 1. The number of hydrogen-bond donors (Lipinski definition) is 3. The molecule has 2 unspecified atom stereocenters. The van der Waals surface area contributed by atoms with Gasteiger partial charge in [0.2, 0.25) is 5.91 Å². The second-order valence-corrected chi connectivity index (χ2v) is 8.69. The van der Waals surface area contributed by atoms with Gasteiger partial charge >= 0.3 is 0 Å². The summed E-state index contributed by atoms with van der Waals surface area (Å²) in [5, 5.41) is 25.9. The van der Waals surface area contributed by atoms with Crippen molar-refractivity contribution in [3.05, 3.63) is 70.9 Å². The van der Waals surface area contributed by atoms with E-state index >= 15 is 0 Å². The zero-order valence-corrected chi connectivity index (χ0v) is 18.6. The standard InChI is InChI=1S/C26H25ClN2O3/c1-18(30)29-24-9-4-19(17-28-24)3-2-10-26-12-11-25(32,13-14-27)16-21(26)6-5-20-15-22(31)7-8-23(20)26/h2-4,7-9,15-17,31-32H,5-6,10-12H2,1H3,(H,28,29,30). The summed E-state index contributed by atoms with van der Waals surface area (Å²) in [6.45, 7) is 1.45. The third-order valence-corrected chi connectivity index (χ3v) is 6.45. The molecule has 1 heterocycles. The molecule has 1 amide bonds. The molecule has 0 fully saturated rings. The fourth-order valence-electron chi connectivity index (χ4n) is 4.88. The smallest absolute Gasteiger partial charge is 0.222 e. The number of aromatic hydroxyl groups is 1. The molecule has 0 saturated carbocycles. The number of pyridine rings is 1. The summed E-state index contributed by atoms with van der Waals surface area (Å²) in [6, 6.07) is 9.27. The maximum atomic E-state index is 11.2. The van der Waals surface area contributed by atoms with Crippen LogP contribution in [0, 0.1) is 11.3 Å². The van der Waals surface area contributed by atoms with E-state index in [4.69, 9.17) is 11.6 Å². The topological polar surface area (TPSA) is 82.5 Å². The highest BCUT2D eigenvalue weighted by Gasteiger charge is 2.45. The number of nitrogens with one attached hydrogen (secondary N) is 1. The molecule has 3 N–H and O–H groups in total. The number of amides is 1. The van der Waals surface area contributed by atoms with Gasteiger partial charge in [-0.2, -0.15) is 0 Å². The molecule has 0 saturated heterocycles. The van der Waals surface area contributed by atoms with Crippen LogP contribution in [-0.2, 0) is 16.6 Å². The summed E-state index contributed by atoms with van der Waals surface area (Å²) in [5.41, 5.74) is 2.96. The van der Waals surface area contributed by atoms with Gasteiger partial charge in [-0.1, -0.05) is 23.8 Å². The summed E-state index contributed by atoms with van der Waals surface area (Å²) in [5.74, 6) is 3.38. The molecule has 164 valence electrons. The van der Waals surface area contributed by atoms with Gasteiger partial charge in [0.05, 0.1) is 0 Å². The molecule has 32 heavy (non-hydrogen) atoms. The molecule has 1 aromatic carbocycles. The Morgan fingerprint density at radius 2 is 2.12 bits per heavy atom. The Morgan fingerprint density at radius 1 is 1.28 bits per heavy atom. The number of allylic oxidation sites excluding steroid dienone is 2. The van der Waals surface area contributed by atoms with Gasteiger partial charge in [0.25, 0.3) is 0 Å². The molecule has 2 atom stereocenters. The zero-order chi connectivity index (χ0) is 22.8. The quantitative estimate of drug-likeness (QED) is 0.468. The minimum atomic E-state index is -1.21. The largest absolute Gasteiger partial charge is 0.508 e. The van der Waals surface area contributed by atoms with Crippen LogP contribution < -0.4 is 5.32 Å². The van der Waals surface area contributed by atoms with E-state index in [2.05, 4.69) is 27.7 Å². The number of benzene rings is 1. The van der Waals surface area contributed by atoms with Crippen molar-refractivity contribution in [2.75, 3.05) is 5.32 Å². The van der Waals surface area contributed by atoms with Gasteiger partial charge in [0, 0.05) is 23.9 Å². The van der Waals surface area contributed by atoms with Crippen molar-refractivity contribution in [3.8, 4) is 17.0 Å². The average molecular weight is 449 g/mol. The molecule has 4 rings (SSSR count). The van der Waals surface area contributed by atoms with E-state index in [1.165, 1.54) is 12.5 Å². The zero-order valence-electron chi connectivity index (χ0n) is 17.9. The number of halogens is 1. The Balaban J connectivity index is 1.66. The van der Waals surface area contributed by atoms with E-state index in [1.807, 2.05) is 30.4 Å². The predicted octanol–water partition coefficient (Wildman–Crippen LogP) is 4.68. The minimum Gasteiger partial charge on any atom is -0.508 e. The number of hydrogen-bond acceptors (Lipinski definition) is 4. The first-order chi connectivity index (χ1) is 15.3. The van der Waals surface area contributed by atoms with Crippen molar-refractivity contribution < 1.29 is 15.0 Å². The van der Waals surface area contributed by atoms with E-state index in [0.717, 1.165) is 42.4 Å². The first-order valence-electron chi connectivity index (χ1n) is 10.6. The number of carbonyl (C=O) groups excluding carboxylic acids is 1. The van der Waals surface area contributed by atoms with Crippen LogP contribution in [0.5, 0.6) is 5.75 Å². The summed E-state index contributed by atoms with van der Waals surface area (Å²) >= 11 is 5.60. The highest BCUT2D eigenvalue weighted by Crippen LogP contribution is 2.52. The van der Waals surface area contributed by atoms with Gasteiger partial charge in [-0.25, -0.2) is 4.98 Å². The van der Waals surface area contributed by atoms with Crippen molar-refractivity contribution >= 4 is 29.4 Å². The number of carbonyl (C=O) groups is 1. The van der Waals surface area contributed by atoms with E-state index < -0.39 is 5.60 Å². The van der Waals surface area contributed by atoms with Gasteiger partial charge in [0.1, 0.15) is 17.2 Å². The van der Waals surface area contributed by atoms with Crippen LogP contribution in [0.2, 0.25) is 0 Å². The first-order valence-corrected chi connectivity index (χ1v) is 11.0. The van der Waals surface area contributed by atoms with Crippen molar-refractivity contribution in [3.63, 3.8) is 0 Å². The molecule has 2 aliphatic rings. The van der Waals surface area contributed by atoms with Crippen molar-refractivity contribution in [1.29, 1.82) is 0 Å².